The van der Waals surface area contributed by atoms with E-state index in [0.29, 0.717) is 48.3 Å². The van der Waals surface area contributed by atoms with Crippen molar-refractivity contribution in [1.82, 2.24) is 9.47 Å². The molecule has 1 fully saturated rings. The van der Waals surface area contributed by atoms with E-state index in [4.69, 9.17) is 20.8 Å². The fourth-order valence-corrected chi connectivity index (χ4v) is 3.87. The van der Waals surface area contributed by atoms with Gasteiger partial charge in [-0.1, -0.05) is 17.7 Å². The number of piperazine rings is 1. The van der Waals surface area contributed by atoms with Crippen molar-refractivity contribution in [2.24, 2.45) is 0 Å². The Labute approximate surface area is 179 Å². The number of aromatic nitrogens is 1. The predicted octanol–water partition coefficient (Wildman–Crippen LogP) is 3.54. The SMILES string of the molecule is COC(=O)c1ccc(-c2ccco2)n1CC(=O)N1CCN(c2cccc(Cl)c2)CC1. The molecule has 156 valence electrons. The molecule has 1 amide bonds. The van der Waals surface area contributed by atoms with E-state index in [1.165, 1.54) is 7.11 Å². The van der Waals surface area contributed by atoms with Gasteiger partial charge in [-0.3, -0.25) is 4.79 Å². The molecule has 8 heteroatoms. The van der Waals surface area contributed by atoms with Crippen LogP contribution in [-0.2, 0) is 16.1 Å². The van der Waals surface area contributed by atoms with E-state index in [0.717, 1.165) is 5.69 Å². The van der Waals surface area contributed by atoms with Crippen molar-refractivity contribution in [2.75, 3.05) is 38.2 Å². The van der Waals surface area contributed by atoms with Crippen molar-refractivity contribution >= 4 is 29.2 Å². The highest BCUT2D eigenvalue weighted by Gasteiger charge is 2.25. The molecule has 0 N–H and O–H groups in total. The smallest absolute Gasteiger partial charge is 0.354 e. The van der Waals surface area contributed by atoms with Gasteiger partial charge in [0.1, 0.15) is 18.0 Å². The average molecular weight is 428 g/mol. The maximum absolute atomic E-state index is 13.0. The fourth-order valence-electron chi connectivity index (χ4n) is 3.68. The van der Waals surface area contributed by atoms with Crippen LogP contribution in [0.15, 0.2) is 59.2 Å². The molecule has 7 nitrogen and oxygen atoms in total. The Morgan fingerprint density at radius 2 is 1.87 bits per heavy atom. The lowest BCUT2D eigenvalue weighted by Gasteiger charge is -2.36. The van der Waals surface area contributed by atoms with Crippen LogP contribution in [-0.4, -0.2) is 54.6 Å². The number of benzene rings is 1. The Balaban J connectivity index is 1.48. The number of rotatable bonds is 5. The third-order valence-electron chi connectivity index (χ3n) is 5.25. The minimum absolute atomic E-state index is 0.0324. The Hall–Kier alpha value is -3.19. The largest absolute Gasteiger partial charge is 0.464 e. The molecule has 3 heterocycles. The number of carbonyl (C=O) groups excluding carboxylic acids is 2. The van der Waals surface area contributed by atoms with Crippen LogP contribution in [0.3, 0.4) is 0 Å². The summed E-state index contributed by atoms with van der Waals surface area (Å²) in [5.41, 5.74) is 2.02. The lowest BCUT2D eigenvalue weighted by Crippen LogP contribution is -2.49. The molecule has 0 saturated carbocycles. The Morgan fingerprint density at radius 1 is 1.07 bits per heavy atom. The summed E-state index contributed by atoms with van der Waals surface area (Å²) in [5.74, 6) is 0.0324. The van der Waals surface area contributed by atoms with Crippen LogP contribution >= 0.6 is 11.6 Å². The summed E-state index contributed by atoms with van der Waals surface area (Å²) in [4.78, 5) is 29.2. The van der Waals surface area contributed by atoms with Crippen LogP contribution < -0.4 is 4.90 Å². The second-order valence-corrected chi connectivity index (χ2v) is 7.44. The number of esters is 1. The van der Waals surface area contributed by atoms with E-state index in [-0.39, 0.29) is 12.5 Å². The van der Waals surface area contributed by atoms with Gasteiger partial charge in [0.05, 0.1) is 19.1 Å². The number of hydrogen-bond acceptors (Lipinski definition) is 5. The van der Waals surface area contributed by atoms with Crippen molar-refractivity contribution in [3.63, 3.8) is 0 Å². The van der Waals surface area contributed by atoms with Gasteiger partial charge < -0.3 is 23.5 Å². The molecule has 1 saturated heterocycles. The van der Waals surface area contributed by atoms with Gasteiger partial charge in [0.25, 0.3) is 0 Å². The summed E-state index contributed by atoms with van der Waals surface area (Å²) in [6, 6.07) is 14.7. The minimum Gasteiger partial charge on any atom is -0.464 e. The lowest BCUT2D eigenvalue weighted by atomic mass is 10.2. The number of furan rings is 1. The first-order chi connectivity index (χ1) is 14.6. The van der Waals surface area contributed by atoms with Gasteiger partial charge in [-0.15, -0.1) is 0 Å². The number of methoxy groups -OCH3 is 1. The summed E-state index contributed by atoms with van der Waals surface area (Å²) in [5, 5.41) is 0.694. The van der Waals surface area contributed by atoms with Crippen molar-refractivity contribution in [3.05, 3.63) is 65.5 Å². The second-order valence-electron chi connectivity index (χ2n) is 7.01. The zero-order valence-corrected chi connectivity index (χ0v) is 17.3. The normalized spacial score (nSPS) is 14.1. The van der Waals surface area contributed by atoms with Gasteiger partial charge in [-0.2, -0.15) is 0 Å². The summed E-state index contributed by atoms with van der Waals surface area (Å²) in [7, 11) is 1.32. The zero-order chi connectivity index (χ0) is 21.1. The van der Waals surface area contributed by atoms with Gasteiger partial charge in [-0.25, -0.2) is 4.79 Å². The van der Waals surface area contributed by atoms with Gasteiger partial charge >= 0.3 is 5.97 Å². The van der Waals surface area contributed by atoms with E-state index >= 15 is 0 Å². The summed E-state index contributed by atoms with van der Waals surface area (Å²) >= 11 is 6.09. The molecular formula is C22H22ClN3O4. The maximum atomic E-state index is 13.0. The molecule has 2 aromatic heterocycles. The molecule has 4 rings (SSSR count). The number of ether oxygens (including phenoxy) is 1. The first kappa shape index (κ1) is 20.1. The van der Waals surface area contributed by atoms with E-state index in [1.807, 2.05) is 29.2 Å². The van der Waals surface area contributed by atoms with Gasteiger partial charge in [0.15, 0.2) is 0 Å². The number of amides is 1. The Morgan fingerprint density at radius 3 is 2.53 bits per heavy atom. The predicted molar refractivity (Wildman–Crippen MR) is 114 cm³/mol. The van der Waals surface area contributed by atoms with Gasteiger partial charge in [-0.05, 0) is 42.5 Å². The summed E-state index contributed by atoms with van der Waals surface area (Å²) in [6.45, 7) is 2.65. The summed E-state index contributed by atoms with van der Waals surface area (Å²) in [6.07, 6.45) is 1.56. The monoisotopic (exact) mass is 427 g/mol. The number of nitrogens with zero attached hydrogens (tertiary/aromatic N) is 3. The van der Waals surface area contributed by atoms with E-state index in [2.05, 4.69) is 4.90 Å². The summed E-state index contributed by atoms with van der Waals surface area (Å²) < 4.78 is 12.0. The zero-order valence-electron chi connectivity index (χ0n) is 16.6. The molecule has 1 aromatic carbocycles. The first-order valence-electron chi connectivity index (χ1n) is 9.67. The molecule has 0 aliphatic carbocycles. The Bertz CT molecular complexity index is 1040. The molecule has 0 bridgehead atoms. The van der Waals surface area contributed by atoms with Crippen molar-refractivity contribution < 1.29 is 18.7 Å². The van der Waals surface area contributed by atoms with Gasteiger partial charge in [0.2, 0.25) is 5.91 Å². The molecule has 3 aromatic rings. The van der Waals surface area contributed by atoms with Crippen molar-refractivity contribution in [2.45, 2.75) is 6.54 Å². The van der Waals surface area contributed by atoms with E-state index in [9.17, 15) is 9.59 Å². The van der Waals surface area contributed by atoms with E-state index < -0.39 is 5.97 Å². The molecule has 0 radical (unpaired) electrons. The second kappa shape index (κ2) is 8.67. The molecular weight excluding hydrogens is 406 g/mol. The quantitative estimate of drug-likeness (QED) is 0.582. The van der Waals surface area contributed by atoms with Crippen LogP contribution in [0.1, 0.15) is 10.5 Å². The standard InChI is InChI=1S/C22H22ClN3O4/c1-29-22(28)19-8-7-18(20-6-3-13-30-20)26(19)15-21(27)25-11-9-24(10-12-25)17-5-2-4-16(23)14-17/h2-8,13-14H,9-12,15H2,1H3. The van der Waals surface area contributed by atoms with Crippen molar-refractivity contribution in [3.8, 4) is 11.5 Å². The lowest BCUT2D eigenvalue weighted by molar-refractivity contribution is -0.132. The molecule has 0 atom stereocenters. The molecule has 0 spiro atoms. The number of anilines is 1. The third-order valence-corrected chi connectivity index (χ3v) is 5.48. The molecule has 1 aliphatic heterocycles. The topological polar surface area (TPSA) is 67.9 Å². The van der Waals surface area contributed by atoms with Crippen LogP contribution in [0, 0.1) is 0 Å². The fraction of sp³-hybridized carbons (Fsp3) is 0.273. The number of carbonyl (C=O) groups is 2. The average Bonchev–Trinajstić information content (AvgIpc) is 3.43. The highest BCUT2D eigenvalue weighted by Crippen LogP contribution is 2.25. The highest BCUT2D eigenvalue weighted by atomic mass is 35.5. The number of hydrogen-bond donors (Lipinski definition) is 0. The highest BCUT2D eigenvalue weighted by molar-refractivity contribution is 6.30. The van der Waals surface area contributed by atoms with Crippen LogP contribution in [0.4, 0.5) is 5.69 Å². The van der Waals surface area contributed by atoms with E-state index in [1.54, 1.807) is 35.1 Å². The molecule has 1 aliphatic rings. The van der Waals surface area contributed by atoms with Crippen LogP contribution in [0.25, 0.3) is 11.5 Å². The minimum atomic E-state index is -0.494. The number of halogens is 1. The Kier molecular flexibility index (Phi) is 5.81. The van der Waals surface area contributed by atoms with Gasteiger partial charge in [0, 0.05) is 36.9 Å². The van der Waals surface area contributed by atoms with Crippen LogP contribution in [0.5, 0.6) is 0 Å². The molecule has 30 heavy (non-hydrogen) atoms. The van der Waals surface area contributed by atoms with Crippen molar-refractivity contribution in [1.29, 1.82) is 0 Å². The first-order valence-corrected chi connectivity index (χ1v) is 10.0. The maximum Gasteiger partial charge on any atom is 0.354 e. The van der Waals surface area contributed by atoms with Crippen LogP contribution in [0.2, 0.25) is 5.02 Å². The third kappa shape index (κ3) is 4.07. The molecule has 0 unspecified atom stereocenters.